The molecular weight excluding hydrogens is 240 g/mol. The van der Waals surface area contributed by atoms with Crippen molar-refractivity contribution >= 4 is 17.0 Å². The normalized spacial score (nSPS) is 11.7. The summed E-state index contributed by atoms with van der Waals surface area (Å²) in [6.45, 7) is 0. The maximum absolute atomic E-state index is 5.56. The number of amidine groups is 1. The summed E-state index contributed by atoms with van der Waals surface area (Å²) in [6.07, 6.45) is 6.88. The average Bonchev–Trinajstić information content (AvgIpc) is 2.90. The van der Waals surface area contributed by atoms with E-state index < -0.39 is 0 Å². The molecule has 2 aromatic heterocycles. The first-order chi connectivity index (χ1) is 9.38. The number of nitrogens with zero attached hydrogens (tertiary/aromatic N) is 4. The van der Waals surface area contributed by atoms with Gasteiger partial charge in [0.05, 0.1) is 29.2 Å². The van der Waals surface area contributed by atoms with Gasteiger partial charge in [-0.2, -0.15) is 5.10 Å². The Morgan fingerprint density at radius 2 is 2.05 bits per heavy atom. The Morgan fingerprint density at radius 3 is 2.84 bits per heavy atom. The summed E-state index contributed by atoms with van der Waals surface area (Å²) in [4.78, 5) is 8.55. The van der Waals surface area contributed by atoms with Gasteiger partial charge in [0.1, 0.15) is 0 Å². The lowest BCUT2D eigenvalue weighted by atomic mass is 10.2. The van der Waals surface area contributed by atoms with E-state index in [-0.39, 0.29) is 0 Å². The summed E-state index contributed by atoms with van der Waals surface area (Å²) in [5.41, 5.74) is 5.08. The maximum atomic E-state index is 5.56. The van der Waals surface area contributed by atoms with Crippen molar-refractivity contribution < 1.29 is 0 Å². The predicted molar refractivity (Wildman–Crippen MR) is 72.9 cm³/mol. The van der Waals surface area contributed by atoms with E-state index in [2.05, 4.69) is 20.5 Å². The molecule has 19 heavy (non-hydrogen) atoms. The second-order valence-electron chi connectivity index (χ2n) is 3.90. The lowest BCUT2D eigenvalue weighted by Crippen LogP contribution is -2.30. The standard InChI is InChI=1S/C13H12N6/c14-18-13(17-10-4-2-1-3-5-10)11-8-16-19-7-6-15-9-12(11)19/h1-9H,14H2,(H,17,18). The molecule has 0 atom stereocenters. The van der Waals surface area contributed by atoms with E-state index in [1.807, 2.05) is 30.3 Å². The molecule has 0 aliphatic carbocycles. The van der Waals surface area contributed by atoms with Gasteiger partial charge >= 0.3 is 0 Å². The molecular formula is C13H12N6. The number of benzene rings is 1. The van der Waals surface area contributed by atoms with Crippen molar-refractivity contribution in [3.05, 3.63) is 60.7 Å². The third-order valence-corrected chi connectivity index (χ3v) is 2.71. The van der Waals surface area contributed by atoms with Crippen LogP contribution in [0.25, 0.3) is 5.52 Å². The number of fused-ring (bicyclic) bond motifs is 1. The number of hydrazine groups is 1. The highest BCUT2D eigenvalue weighted by Crippen LogP contribution is 2.14. The molecule has 0 spiro atoms. The number of aliphatic imine (C=N–C) groups is 1. The van der Waals surface area contributed by atoms with Crippen molar-refractivity contribution in [3.63, 3.8) is 0 Å². The van der Waals surface area contributed by atoms with E-state index >= 15 is 0 Å². The van der Waals surface area contributed by atoms with Gasteiger partial charge in [-0.05, 0) is 12.1 Å². The Kier molecular flexibility index (Phi) is 2.91. The molecule has 94 valence electrons. The number of nitrogens with one attached hydrogen (secondary N) is 1. The summed E-state index contributed by atoms with van der Waals surface area (Å²) in [5.74, 6) is 6.11. The molecule has 0 bridgehead atoms. The third-order valence-electron chi connectivity index (χ3n) is 2.71. The van der Waals surface area contributed by atoms with Crippen LogP contribution in [0.1, 0.15) is 5.56 Å². The van der Waals surface area contributed by atoms with Gasteiger partial charge in [-0.25, -0.2) is 15.4 Å². The van der Waals surface area contributed by atoms with Crippen molar-refractivity contribution in [2.24, 2.45) is 10.8 Å². The van der Waals surface area contributed by atoms with E-state index in [1.165, 1.54) is 0 Å². The quantitative estimate of drug-likeness (QED) is 0.311. The van der Waals surface area contributed by atoms with Crippen molar-refractivity contribution in [1.82, 2.24) is 20.0 Å². The highest BCUT2D eigenvalue weighted by Gasteiger charge is 2.09. The summed E-state index contributed by atoms with van der Waals surface area (Å²) in [5, 5.41) is 4.23. The zero-order valence-electron chi connectivity index (χ0n) is 10.1. The molecule has 0 unspecified atom stereocenters. The molecule has 0 amide bonds. The lowest BCUT2D eigenvalue weighted by molar-refractivity contribution is 0.946. The van der Waals surface area contributed by atoms with Crippen molar-refractivity contribution in [2.45, 2.75) is 0 Å². The lowest BCUT2D eigenvalue weighted by Gasteiger charge is -2.03. The Bertz CT molecular complexity index is 716. The molecule has 0 saturated heterocycles. The fourth-order valence-electron chi connectivity index (χ4n) is 1.82. The Balaban J connectivity index is 2.10. The first-order valence-electron chi connectivity index (χ1n) is 5.76. The number of hydrogen-bond acceptors (Lipinski definition) is 4. The van der Waals surface area contributed by atoms with E-state index in [9.17, 15) is 0 Å². The highest BCUT2D eigenvalue weighted by molar-refractivity contribution is 6.05. The van der Waals surface area contributed by atoms with Crippen LogP contribution in [0.15, 0.2) is 60.1 Å². The van der Waals surface area contributed by atoms with E-state index in [0.29, 0.717) is 5.84 Å². The molecule has 0 aliphatic heterocycles. The van der Waals surface area contributed by atoms with Crippen LogP contribution in [0, 0.1) is 0 Å². The molecule has 3 aromatic rings. The fourth-order valence-corrected chi connectivity index (χ4v) is 1.82. The van der Waals surface area contributed by atoms with E-state index in [1.54, 1.807) is 29.3 Å². The largest absolute Gasteiger partial charge is 0.308 e. The Labute approximate surface area is 109 Å². The van der Waals surface area contributed by atoms with Gasteiger partial charge in [0, 0.05) is 12.4 Å². The smallest absolute Gasteiger partial charge is 0.151 e. The molecule has 0 fully saturated rings. The Hall–Kier alpha value is -2.73. The summed E-state index contributed by atoms with van der Waals surface area (Å²) in [7, 11) is 0. The molecule has 2 heterocycles. The van der Waals surface area contributed by atoms with Crippen LogP contribution in [0.3, 0.4) is 0 Å². The molecule has 0 saturated carbocycles. The number of rotatable bonds is 2. The van der Waals surface area contributed by atoms with Crippen LogP contribution in [-0.2, 0) is 0 Å². The molecule has 3 rings (SSSR count). The van der Waals surface area contributed by atoms with Gasteiger partial charge in [-0.3, -0.25) is 4.98 Å². The van der Waals surface area contributed by atoms with Gasteiger partial charge in [0.25, 0.3) is 0 Å². The topological polar surface area (TPSA) is 80.6 Å². The fraction of sp³-hybridized carbons (Fsp3) is 0. The molecule has 0 radical (unpaired) electrons. The zero-order chi connectivity index (χ0) is 13.1. The second kappa shape index (κ2) is 4.87. The van der Waals surface area contributed by atoms with Gasteiger partial charge in [0.2, 0.25) is 0 Å². The van der Waals surface area contributed by atoms with Crippen LogP contribution >= 0.6 is 0 Å². The Morgan fingerprint density at radius 1 is 1.21 bits per heavy atom. The minimum atomic E-state index is 0.550. The number of aromatic nitrogens is 3. The minimum absolute atomic E-state index is 0.550. The van der Waals surface area contributed by atoms with Crippen LogP contribution in [0.4, 0.5) is 5.69 Å². The minimum Gasteiger partial charge on any atom is -0.308 e. The monoisotopic (exact) mass is 252 g/mol. The van der Waals surface area contributed by atoms with Gasteiger partial charge in [-0.15, -0.1) is 0 Å². The SMILES string of the molecule is NNC(=Nc1ccccc1)c1cnn2ccncc12. The predicted octanol–water partition coefficient (Wildman–Crippen LogP) is 1.27. The van der Waals surface area contributed by atoms with Crippen LogP contribution in [-0.4, -0.2) is 20.4 Å². The van der Waals surface area contributed by atoms with E-state index in [0.717, 1.165) is 16.8 Å². The molecule has 3 N–H and O–H groups in total. The van der Waals surface area contributed by atoms with Crippen molar-refractivity contribution in [2.75, 3.05) is 0 Å². The molecule has 6 heteroatoms. The van der Waals surface area contributed by atoms with Crippen LogP contribution in [0.5, 0.6) is 0 Å². The molecule has 0 aliphatic rings. The number of nitrogens with two attached hydrogens (primary N) is 1. The molecule has 6 nitrogen and oxygen atoms in total. The summed E-state index contributed by atoms with van der Waals surface area (Å²) < 4.78 is 1.72. The first-order valence-corrected chi connectivity index (χ1v) is 5.76. The van der Waals surface area contributed by atoms with E-state index in [4.69, 9.17) is 5.84 Å². The number of para-hydroxylation sites is 1. The third kappa shape index (κ3) is 2.16. The summed E-state index contributed by atoms with van der Waals surface area (Å²) >= 11 is 0. The maximum Gasteiger partial charge on any atom is 0.151 e. The number of hydrogen-bond donors (Lipinski definition) is 2. The second-order valence-corrected chi connectivity index (χ2v) is 3.90. The first kappa shape index (κ1) is 11.4. The highest BCUT2D eigenvalue weighted by atomic mass is 15.3. The van der Waals surface area contributed by atoms with Crippen LogP contribution in [0.2, 0.25) is 0 Å². The van der Waals surface area contributed by atoms with Gasteiger partial charge < -0.3 is 5.43 Å². The zero-order valence-corrected chi connectivity index (χ0v) is 10.1. The molecule has 1 aromatic carbocycles. The van der Waals surface area contributed by atoms with Gasteiger partial charge in [0.15, 0.2) is 5.84 Å². The van der Waals surface area contributed by atoms with Crippen molar-refractivity contribution in [3.8, 4) is 0 Å². The summed E-state index contributed by atoms with van der Waals surface area (Å²) in [6, 6.07) is 9.59. The van der Waals surface area contributed by atoms with Crippen molar-refractivity contribution in [1.29, 1.82) is 0 Å². The van der Waals surface area contributed by atoms with Gasteiger partial charge in [-0.1, -0.05) is 18.2 Å². The van der Waals surface area contributed by atoms with Crippen LogP contribution < -0.4 is 11.3 Å². The average molecular weight is 252 g/mol.